The molecule has 13 heavy (non-hydrogen) atoms. The van der Waals surface area contributed by atoms with Gasteiger partial charge in [-0.3, -0.25) is 0 Å². The molecule has 0 radical (unpaired) electrons. The Morgan fingerprint density at radius 2 is 2.08 bits per heavy atom. The highest BCUT2D eigenvalue weighted by molar-refractivity contribution is 9.10. The maximum absolute atomic E-state index is 9.71. The Labute approximate surface area is 89.8 Å². The summed E-state index contributed by atoms with van der Waals surface area (Å²) in [6, 6.07) is 3.63. The Bertz CT molecular complexity index is 363. The third-order valence-corrected chi connectivity index (χ3v) is 3.67. The average Bonchev–Trinajstić information content (AvgIpc) is 2.80. The molecule has 1 aromatic carbocycles. The predicted octanol–water partition coefficient (Wildman–Crippen LogP) is 2.76. The first kappa shape index (κ1) is 9.31. The van der Waals surface area contributed by atoms with Crippen LogP contribution in [0.2, 0.25) is 5.02 Å². The van der Waals surface area contributed by atoms with E-state index in [0.29, 0.717) is 9.50 Å². The number of hydrogen-bond acceptors (Lipinski definition) is 2. The van der Waals surface area contributed by atoms with Crippen LogP contribution in [0.15, 0.2) is 16.6 Å². The summed E-state index contributed by atoms with van der Waals surface area (Å²) in [6.45, 7) is 0. The first-order chi connectivity index (χ1) is 6.04. The maximum Gasteiger partial charge on any atom is 0.140 e. The van der Waals surface area contributed by atoms with Gasteiger partial charge >= 0.3 is 0 Å². The van der Waals surface area contributed by atoms with Crippen LogP contribution in [0.4, 0.5) is 0 Å². The molecule has 1 aliphatic rings. The molecule has 1 aromatic rings. The van der Waals surface area contributed by atoms with Crippen molar-refractivity contribution in [1.82, 2.24) is 0 Å². The second kappa shape index (κ2) is 2.87. The monoisotopic (exact) mass is 261 g/mol. The number of nitrogens with two attached hydrogens (primary N) is 1. The summed E-state index contributed by atoms with van der Waals surface area (Å²) in [5, 5.41) is 10.1. The van der Waals surface area contributed by atoms with Crippen LogP contribution in [0.5, 0.6) is 5.75 Å². The van der Waals surface area contributed by atoms with Crippen molar-refractivity contribution in [2.75, 3.05) is 0 Å². The summed E-state index contributed by atoms with van der Waals surface area (Å²) in [7, 11) is 0. The van der Waals surface area contributed by atoms with Crippen molar-refractivity contribution >= 4 is 27.5 Å². The minimum absolute atomic E-state index is 0.107. The van der Waals surface area contributed by atoms with Gasteiger partial charge in [0, 0.05) is 15.6 Å². The number of phenols is 1. The van der Waals surface area contributed by atoms with Crippen molar-refractivity contribution in [3.05, 3.63) is 27.2 Å². The fourth-order valence-electron chi connectivity index (χ4n) is 1.35. The largest absolute Gasteiger partial charge is 0.506 e. The second-order valence-electron chi connectivity index (χ2n) is 3.41. The first-order valence-electron chi connectivity index (χ1n) is 4.01. The summed E-state index contributed by atoms with van der Waals surface area (Å²) < 4.78 is 0.694. The van der Waals surface area contributed by atoms with Gasteiger partial charge in [0.25, 0.3) is 0 Å². The van der Waals surface area contributed by atoms with Crippen molar-refractivity contribution < 1.29 is 5.11 Å². The molecule has 2 rings (SSSR count). The zero-order valence-electron chi connectivity index (χ0n) is 6.85. The highest BCUT2D eigenvalue weighted by atomic mass is 79.9. The number of halogens is 2. The van der Waals surface area contributed by atoms with Crippen molar-refractivity contribution in [3.63, 3.8) is 0 Å². The van der Waals surface area contributed by atoms with E-state index >= 15 is 0 Å². The van der Waals surface area contributed by atoms with E-state index in [1.54, 1.807) is 0 Å². The van der Waals surface area contributed by atoms with Crippen LogP contribution in [0.25, 0.3) is 0 Å². The van der Waals surface area contributed by atoms with Gasteiger partial charge in [-0.25, -0.2) is 0 Å². The molecule has 1 saturated carbocycles. The van der Waals surface area contributed by atoms with Crippen LogP contribution < -0.4 is 5.73 Å². The molecule has 0 saturated heterocycles. The fourth-order valence-corrected chi connectivity index (χ4v) is 1.83. The average molecular weight is 263 g/mol. The third kappa shape index (κ3) is 1.45. The molecule has 0 spiro atoms. The Morgan fingerprint density at radius 1 is 1.46 bits per heavy atom. The lowest BCUT2D eigenvalue weighted by Crippen LogP contribution is -2.18. The first-order valence-corrected chi connectivity index (χ1v) is 5.18. The lowest BCUT2D eigenvalue weighted by molar-refractivity contribution is 0.459. The van der Waals surface area contributed by atoms with E-state index in [9.17, 15) is 5.11 Å². The number of benzene rings is 1. The highest BCUT2D eigenvalue weighted by Gasteiger charge is 2.42. The Balaban J connectivity index is 2.54. The van der Waals surface area contributed by atoms with Gasteiger partial charge in [0.05, 0.1) is 5.02 Å². The van der Waals surface area contributed by atoms with Gasteiger partial charge in [-0.1, -0.05) is 17.7 Å². The van der Waals surface area contributed by atoms with E-state index in [-0.39, 0.29) is 11.3 Å². The van der Waals surface area contributed by atoms with E-state index in [2.05, 4.69) is 15.9 Å². The van der Waals surface area contributed by atoms with Crippen LogP contribution in [0.3, 0.4) is 0 Å². The molecular weight excluding hydrogens is 253 g/mol. The van der Waals surface area contributed by atoms with Crippen molar-refractivity contribution in [1.29, 1.82) is 0 Å². The summed E-state index contributed by atoms with van der Waals surface area (Å²) in [5.41, 5.74) is 6.37. The number of hydrogen-bond donors (Lipinski definition) is 2. The second-order valence-corrected chi connectivity index (χ2v) is 4.65. The van der Waals surface area contributed by atoms with Gasteiger partial charge in [-0.15, -0.1) is 0 Å². The molecule has 3 N–H and O–H groups in total. The third-order valence-electron chi connectivity index (χ3n) is 2.39. The van der Waals surface area contributed by atoms with Crippen LogP contribution in [-0.4, -0.2) is 5.11 Å². The molecule has 1 fully saturated rings. The van der Waals surface area contributed by atoms with Gasteiger partial charge < -0.3 is 10.8 Å². The molecule has 0 atom stereocenters. The molecule has 1 aliphatic carbocycles. The Hall–Kier alpha value is -0.250. The summed E-state index contributed by atoms with van der Waals surface area (Å²) in [6.07, 6.45) is 1.83. The standard InChI is InChI=1S/C9H9BrClNO/c10-6-2-1-5(8(13)7(6)11)9(12)3-4-9/h1-2,13H,3-4,12H2. The zero-order valence-corrected chi connectivity index (χ0v) is 9.19. The lowest BCUT2D eigenvalue weighted by atomic mass is 10.1. The van der Waals surface area contributed by atoms with Gasteiger partial charge in [0.15, 0.2) is 0 Å². The summed E-state index contributed by atoms with van der Waals surface area (Å²) in [4.78, 5) is 0. The minimum atomic E-state index is -0.339. The summed E-state index contributed by atoms with van der Waals surface area (Å²) >= 11 is 9.10. The Kier molecular flexibility index (Phi) is 2.06. The fraction of sp³-hybridized carbons (Fsp3) is 0.333. The molecule has 0 aliphatic heterocycles. The summed E-state index contributed by atoms with van der Waals surface area (Å²) in [5.74, 6) is 0.107. The van der Waals surface area contributed by atoms with E-state index < -0.39 is 0 Å². The van der Waals surface area contributed by atoms with Crippen molar-refractivity contribution in [3.8, 4) is 5.75 Å². The molecular formula is C9H9BrClNO. The van der Waals surface area contributed by atoms with Crippen LogP contribution in [-0.2, 0) is 5.54 Å². The maximum atomic E-state index is 9.71. The SMILES string of the molecule is NC1(c2ccc(Br)c(Cl)c2O)CC1. The van der Waals surface area contributed by atoms with Crippen molar-refractivity contribution in [2.45, 2.75) is 18.4 Å². The minimum Gasteiger partial charge on any atom is -0.506 e. The normalized spacial score (nSPS) is 18.7. The molecule has 0 unspecified atom stereocenters. The van der Waals surface area contributed by atoms with Crippen LogP contribution >= 0.6 is 27.5 Å². The van der Waals surface area contributed by atoms with Crippen molar-refractivity contribution in [2.24, 2.45) is 5.73 Å². The number of aromatic hydroxyl groups is 1. The molecule has 0 heterocycles. The molecule has 0 amide bonds. The van der Waals surface area contributed by atoms with Crippen LogP contribution in [0.1, 0.15) is 18.4 Å². The van der Waals surface area contributed by atoms with E-state index in [1.807, 2.05) is 12.1 Å². The smallest absolute Gasteiger partial charge is 0.140 e. The van der Waals surface area contributed by atoms with Gasteiger partial charge in [0.1, 0.15) is 5.75 Å². The predicted molar refractivity (Wildman–Crippen MR) is 55.9 cm³/mol. The van der Waals surface area contributed by atoms with Gasteiger partial charge in [-0.2, -0.15) is 0 Å². The zero-order chi connectivity index (χ0) is 9.64. The molecule has 0 aromatic heterocycles. The quantitative estimate of drug-likeness (QED) is 0.817. The van der Waals surface area contributed by atoms with E-state index in [0.717, 1.165) is 18.4 Å². The van der Waals surface area contributed by atoms with Gasteiger partial charge in [-0.05, 0) is 34.8 Å². The number of rotatable bonds is 1. The molecule has 0 bridgehead atoms. The van der Waals surface area contributed by atoms with Gasteiger partial charge in [0.2, 0.25) is 0 Å². The molecule has 4 heteroatoms. The van der Waals surface area contributed by atoms with E-state index in [1.165, 1.54) is 0 Å². The molecule has 70 valence electrons. The van der Waals surface area contributed by atoms with E-state index in [4.69, 9.17) is 17.3 Å². The number of phenolic OH excluding ortho intramolecular Hbond substituents is 1. The molecule has 2 nitrogen and oxygen atoms in total. The lowest BCUT2D eigenvalue weighted by Gasteiger charge is -2.12. The topological polar surface area (TPSA) is 46.2 Å². The highest BCUT2D eigenvalue weighted by Crippen LogP contribution is 2.49. The van der Waals surface area contributed by atoms with Crippen LogP contribution in [0, 0.1) is 0 Å². The Morgan fingerprint density at radius 3 is 2.62 bits per heavy atom.